The van der Waals surface area contributed by atoms with E-state index in [1.165, 1.54) is 12.1 Å². The van der Waals surface area contributed by atoms with E-state index in [9.17, 15) is 14.9 Å². The number of Topliss-reactive ketones (excluding diaryl/α,β-unsaturated/α-hetero) is 1. The van der Waals surface area contributed by atoms with Crippen molar-refractivity contribution in [2.75, 3.05) is 0 Å². The lowest BCUT2D eigenvalue weighted by molar-refractivity contribution is -0.384. The number of carbonyl (C=O) groups excluding carboxylic acids is 1. The number of aliphatic imine (C=N–C) groups is 1. The quantitative estimate of drug-likeness (QED) is 0.529. The molecule has 5 heteroatoms. The zero-order valence-electron chi connectivity index (χ0n) is 11.9. The SMILES string of the molecule is O=C1C(=Nc2ccc([N+](=O)[O-])cc2)c2cccc3cccc1c23. The molecule has 0 saturated carbocycles. The first kappa shape index (κ1) is 13.3. The third-order valence-electron chi connectivity index (χ3n) is 3.92. The van der Waals surface area contributed by atoms with E-state index in [1.54, 1.807) is 18.2 Å². The Labute approximate surface area is 131 Å². The minimum absolute atomic E-state index is 0.00270. The first-order chi connectivity index (χ1) is 11.1. The van der Waals surface area contributed by atoms with Gasteiger partial charge in [0, 0.05) is 28.6 Å². The molecule has 0 N–H and O–H groups in total. The summed E-state index contributed by atoms with van der Waals surface area (Å²) in [5.74, 6) is -0.116. The summed E-state index contributed by atoms with van der Waals surface area (Å²) in [7, 11) is 0. The van der Waals surface area contributed by atoms with Crippen molar-refractivity contribution in [3.05, 3.63) is 81.9 Å². The predicted molar refractivity (Wildman–Crippen MR) is 87.6 cm³/mol. The highest BCUT2D eigenvalue weighted by atomic mass is 16.6. The minimum atomic E-state index is -0.464. The molecule has 0 spiro atoms. The molecule has 0 unspecified atom stereocenters. The molecular weight excluding hydrogens is 292 g/mol. The molecule has 1 aliphatic rings. The number of hydrogen-bond donors (Lipinski definition) is 0. The summed E-state index contributed by atoms with van der Waals surface area (Å²) in [5.41, 5.74) is 2.35. The second kappa shape index (κ2) is 4.84. The third kappa shape index (κ3) is 2.02. The Hall–Kier alpha value is -3.34. The van der Waals surface area contributed by atoms with Gasteiger partial charge in [-0.3, -0.25) is 14.9 Å². The fourth-order valence-corrected chi connectivity index (χ4v) is 2.87. The molecule has 110 valence electrons. The van der Waals surface area contributed by atoms with Crippen LogP contribution in [0.3, 0.4) is 0 Å². The summed E-state index contributed by atoms with van der Waals surface area (Å²) in [6, 6.07) is 17.2. The van der Waals surface area contributed by atoms with E-state index in [1.807, 2.05) is 30.3 Å². The number of non-ortho nitro benzene ring substituents is 1. The molecule has 0 bridgehead atoms. The van der Waals surface area contributed by atoms with Gasteiger partial charge in [0.15, 0.2) is 0 Å². The van der Waals surface area contributed by atoms with Gasteiger partial charge < -0.3 is 0 Å². The van der Waals surface area contributed by atoms with Crippen LogP contribution in [0.1, 0.15) is 15.9 Å². The average Bonchev–Trinajstić information content (AvgIpc) is 2.84. The van der Waals surface area contributed by atoms with Crippen LogP contribution in [0.2, 0.25) is 0 Å². The number of nitro benzene ring substituents is 1. The second-order valence-corrected chi connectivity index (χ2v) is 5.27. The number of benzene rings is 3. The van der Waals surface area contributed by atoms with Crippen molar-refractivity contribution in [2.45, 2.75) is 0 Å². The molecule has 0 aliphatic heterocycles. The lowest BCUT2D eigenvalue weighted by Crippen LogP contribution is -2.08. The number of hydrogen-bond acceptors (Lipinski definition) is 4. The Kier molecular flexibility index (Phi) is 2.81. The normalized spacial score (nSPS) is 14.6. The molecule has 5 nitrogen and oxygen atoms in total. The molecule has 23 heavy (non-hydrogen) atoms. The van der Waals surface area contributed by atoms with Crippen LogP contribution in [-0.4, -0.2) is 16.4 Å². The van der Waals surface area contributed by atoms with Gasteiger partial charge in [-0.05, 0) is 17.5 Å². The number of nitro groups is 1. The molecule has 0 saturated heterocycles. The molecule has 0 atom stereocenters. The van der Waals surface area contributed by atoms with Gasteiger partial charge in [0.25, 0.3) is 5.69 Å². The van der Waals surface area contributed by atoms with Crippen molar-refractivity contribution in [1.29, 1.82) is 0 Å². The van der Waals surface area contributed by atoms with E-state index < -0.39 is 4.92 Å². The molecule has 0 heterocycles. The summed E-state index contributed by atoms with van der Waals surface area (Å²) in [6.45, 7) is 0. The van der Waals surface area contributed by atoms with Gasteiger partial charge in [-0.15, -0.1) is 0 Å². The number of ketones is 1. The zero-order chi connectivity index (χ0) is 16.0. The van der Waals surface area contributed by atoms with Gasteiger partial charge in [-0.25, -0.2) is 4.99 Å². The fourth-order valence-electron chi connectivity index (χ4n) is 2.87. The highest BCUT2D eigenvalue weighted by molar-refractivity contribution is 6.59. The standard InChI is InChI=1S/C18H10N2O3/c21-18-15-6-2-4-11-3-1-5-14(16(11)15)17(18)19-12-7-9-13(10-8-12)20(22)23/h1-10H. The van der Waals surface area contributed by atoms with E-state index >= 15 is 0 Å². The number of rotatable bonds is 2. The highest BCUT2D eigenvalue weighted by Gasteiger charge is 2.28. The molecule has 0 amide bonds. The Morgan fingerprint density at radius 2 is 1.52 bits per heavy atom. The van der Waals surface area contributed by atoms with Gasteiger partial charge >= 0.3 is 0 Å². The van der Waals surface area contributed by atoms with E-state index in [-0.39, 0.29) is 11.5 Å². The monoisotopic (exact) mass is 302 g/mol. The second-order valence-electron chi connectivity index (χ2n) is 5.27. The molecular formula is C18H10N2O3. The van der Waals surface area contributed by atoms with Gasteiger partial charge in [-0.2, -0.15) is 0 Å². The molecule has 0 fully saturated rings. The van der Waals surface area contributed by atoms with Crippen LogP contribution < -0.4 is 0 Å². The van der Waals surface area contributed by atoms with Crippen molar-refractivity contribution >= 4 is 33.6 Å². The molecule has 3 aromatic rings. The Morgan fingerprint density at radius 3 is 2.17 bits per heavy atom. The van der Waals surface area contributed by atoms with Crippen molar-refractivity contribution in [1.82, 2.24) is 0 Å². The molecule has 0 aromatic heterocycles. The van der Waals surface area contributed by atoms with Crippen LogP contribution in [0.5, 0.6) is 0 Å². The first-order valence-corrected chi connectivity index (χ1v) is 7.05. The van der Waals surface area contributed by atoms with E-state index in [0.717, 1.165) is 16.3 Å². The smallest absolute Gasteiger partial charge is 0.269 e. The van der Waals surface area contributed by atoms with Crippen LogP contribution in [0.4, 0.5) is 11.4 Å². The van der Waals surface area contributed by atoms with Gasteiger partial charge in [0.05, 0.1) is 10.6 Å². The molecule has 3 aromatic carbocycles. The van der Waals surface area contributed by atoms with Crippen molar-refractivity contribution in [3.8, 4) is 0 Å². The summed E-state index contributed by atoms with van der Waals surface area (Å²) < 4.78 is 0. The van der Waals surface area contributed by atoms with E-state index in [4.69, 9.17) is 0 Å². The van der Waals surface area contributed by atoms with Crippen molar-refractivity contribution < 1.29 is 9.72 Å². The van der Waals surface area contributed by atoms with Crippen LogP contribution in [-0.2, 0) is 0 Å². The van der Waals surface area contributed by atoms with Crippen LogP contribution in [0.15, 0.2) is 65.7 Å². The maximum Gasteiger partial charge on any atom is 0.269 e. The van der Waals surface area contributed by atoms with Gasteiger partial charge in [0.1, 0.15) is 5.71 Å². The Balaban J connectivity index is 1.86. The van der Waals surface area contributed by atoms with Gasteiger partial charge in [0.2, 0.25) is 5.78 Å². The molecule has 0 radical (unpaired) electrons. The number of carbonyl (C=O) groups is 1. The topological polar surface area (TPSA) is 72.6 Å². The lowest BCUT2D eigenvalue weighted by Gasteiger charge is -2.00. The largest absolute Gasteiger partial charge is 0.287 e. The summed E-state index contributed by atoms with van der Waals surface area (Å²) in [5, 5.41) is 12.6. The van der Waals surface area contributed by atoms with Gasteiger partial charge in [-0.1, -0.05) is 36.4 Å². The van der Waals surface area contributed by atoms with Crippen molar-refractivity contribution in [2.24, 2.45) is 4.99 Å². The Morgan fingerprint density at radius 1 is 0.870 bits per heavy atom. The van der Waals surface area contributed by atoms with E-state index in [2.05, 4.69) is 4.99 Å². The van der Waals surface area contributed by atoms with E-state index in [0.29, 0.717) is 17.0 Å². The zero-order valence-corrected chi connectivity index (χ0v) is 11.9. The molecule has 1 aliphatic carbocycles. The summed E-state index contributed by atoms with van der Waals surface area (Å²) >= 11 is 0. The first-order valence-electron chi connectivity index (χ1n) is 7.05. The maximum atomic E-state index is 12.6. The van der Waals surface area contributed by atoms with Crippen LogP contribution in [0.25, 0.3) is 10.8 Å². The molecule has 4 rings (SSSR count). The highest BCUT2D eigenvalue weighted by Crippen LogP contribution is 2.32. The van der Waals surface area contributed by atoms with Crippen LogP contribution >= 0.6 is 0 Å². The Bertz CT molecular complexity index is 999. The third-order valence-corrected chi connectivity index (χ3v) is 3.92. The lowest BCUT2D eigenvalue weighted by atomic mass is 10.1. The van der Waals surface area contributed by atoms with Crippen molar-refractivity contribution in [3.63, 3.8) is 0 Å². The van der Waals surface area contributed by atoms with Crippen LogP contribution in [0, 0.1) is 10.1 Å². The fraction of sp³-hybridized carbons (Fsp3) is 0. The number of nitrogens with zero attached hydrogens (tertiary/aromatic N) is 2. The summed E-state index contributed by atoms with van der Waals surface area (Å²) in [4.78, 5) is 27.3. The average molecular weight is 302 g/mol. The summed E-state index contributed by atoms with van der Waals surface area (Å²) in [6.07, 6.45) is 0. The minimum Gasteiger partial charge on any atom is -0.287 e. The maximum absolute atomic E-state index is 12.6. The predicted octanol–water partition coefficient (Wildman–Crippen LogP) is 4.07.